The molecule has 144 valence electrons. The van der Waals surface area contributed by atoms with Crippen molar-refractivity contribution in [3.8, 4) is 5.75 Å². The molecule has 0 saturated carbocycles. The number of amides is 1. The zero-order valence-electron chi connectivity index (χ0n) is 14.0. The van der Waals surface area contributed by atoms with E-state index in [1.54, 1.807) is 12.1 Å². The van der Waals surface area contributed by atoms with Crippen LogP contribution in [-0.2, 0) is 0 Å². The number of benzene rings is 2. The zero-order chi connectivity index (χ0) is 20.4. The third-order valence-electron chi connectivity index (χ3n) is 3.54. The lowest BCUT2D eigenvalue weighted by Crippen LogP contribution is -2.34. The Balaban J connectivity index is 1.74. The summed E-state index contributed by atoms with van der Waals surface area (Å²) in [4.78, 5) is 27.1. The standard InChI is InChI=1S/C16H10Cl2N4O4S2/c1-26-10-4-2-7(6-9(10)22(24)25)14(23)20-15(27)21-16-19-13-11(28-16)5-3-8(17)12(13)18/h2-6H,1H3,(H2,19,20,21,23,27). The Morgan fingerprint density at radius 2 is 2.07 bits per heavy atom. The van der Waals surface area contributed by atoms with E-state index in [0.29, 0.717) is 20.7 Å². The quantitative estimate of drug-likeness (QED) is 0.334. The smallest absolute Gasteiger partial charge is 0.311 e. The summed E-state index contributed by atoms with van der Waals surface area (Å²) in [7, 11) is 1.30. The van der Waals surface area contributed by atoms with Crippen molar-refractivity contribution in [1.29, 1.82) is 0 Å². The maximum absolute atomic E-state index is 12.3. The first-order chi connectivity index (χ1) is 13.3. The number of carbonyl (C=O) groups excluding carboxylic acids is 1. The minimum Gasteiger partial charge on any atom is -0.490 e. The van der Waals surface area contributed by atoms with Gasteiger partial charge in [0.1, 0.15) is 5.52 Å². The summed E-state index contributed by atoms with van der Waals surface area (Å²) in [6.07, 6.45) is 0. The summed E-state index contributed by atoms with van der Waals surface area (Å²) in [5.41, 5.74) is 0.240. The van der Waals surface area contributed by atoms with Crippen molar-refractivity contribution in [1.82, 2.24) is 10.3 Å². The van der Waals surface area contributed by atoms with Crippen LogP contribution in [0.15, 0.2) is 30.3 Å². The van der Waals surface area contributed by atoms with E-state index in [1.807, 2.05) is 0 Å². The molecule has 0 aliphatic heterocycles. The van der Waals surface area contributed by atoms with Gasteiger partial charge in [-0.15, -0.1) is 0 Å². The number of hydrogen-bond donors (Lipinski definition) is 2. The molecule has 28 heavy (non-hydrogen) atoms. The van der Waals surface area contributed by atoms with Crippen molar-refractivity contribution in [2.75, 3.05) is 12.4 Å². The van der Waals surface area contributed by atoms with E-state index in [4.69, 9.17) is 40.2 Å². The summed E-state index contributed by atoms with van der Waals surface area (Å²) in [6, 6.07) is 7.26. The Hall–Kier alpha value is -2.53. The van der Waals surface area contributed by atoms with Crippen molar-refractivity contribution < 1.29 is 14.5 Å². The highest BCUT2D eigenvalue weighted by molar-refractivity contribution is 7.80. The number of thiazole rings is 1. The van der Waals surface area contributed by atoms with Gasteiger partial charge in [-0.25, -0.2) is 4.98 Å². The lowest BCUT2D eigenvalue weighted by Gasteiger charge is -2.08. The Kier molecular flexibility index (Phi) is 5.94. The highest BCUT2D eigenvalue weighted by Gasteiger charge is 2.19. The van der Waals surface area contributed by atoms with Gasteiger partial charge in [0.05, 0.1) is 26.8 Å². The Morgan fingerprint density at radius 1 is 1.32 bits per heavy atom. The number of methoxy groups -OCH3 is 1. The van der Waals surface area contributed by atoms with Gasteiger partial charge in [0.15, 0.2) is 16.0 Å². The van der Waals surface area contributed by atoms with Crippen molar-refractivity contribution in [2.45, 2.75) is 0 Å². The molecule has 1 heterocycles. The van der Waals surface area contributed by atoms with E-state index in [1.165, 1.54) is 30.6 Å². The molecule has 0 atom stereocenters. The van der Waals surface area contributed by atoms with E-state index < -0.39 is 10.8 Å². The number of aromatic nitrogens is 1. The van der Waals surface area contributed by atoms with Crippen LogP contribution in [0.4, 0.5) is 10.8 Å². The van der Waals surface area contributed by atoms with Crippen LogP contribution in [0, 0.1) is 10.1 Å². The van der Waals surface area contributed by atoms with Crippen LogP contribution in [-0.4, -0.2) is 28.0 Å². The van der Waals surface area contributed by atoms with Crippen LogP contribution in [0.5, 0.6) is 5.75 Å². The fraction of sp³-hybridized carbons (Fsp3) is 0.0625. The molecule has 2 aromatic carbocycles. The molecular formula is C16H10Cl2N4O4S2. The van der Waals surface area contributed by atoms with Crippen molar-refractivity contribution in [2.24, 2.45) is 0 Å². The molecule has 0 bridgehead atoms. The van der Waals surface area contributed by atoms with Crippen LogP contribution >= 0.6 is 46.8 Å². The highest BCUT2D eigenvalue weighted by atomic mass is 35.5. The topological polar surface area (TPSA) is 106 Å². The van der Waals surface area contributed by atoms with E-state index in [2.05, 4.69) is 15.6 Å². The first-order valence-corrected chi connectivity index (χ1v) is 9.47. The largest absolute Gasteiger partial charge is 0.490 e. The molecule has 0 spiro atoms. The van der Waals surface area contributed by atoms with Crippen LogP contribution in [0.25, 0.3) is 10.2 Å². The average molecular weight is 457 g/mol. The lowest BCUT2D eigenvalue weighted by molar-refractivity contribution is -0.385. The molecule has 12 heteroatoms. The molecule has 1 amide bonds. The highest BCUT2D eigenvalue weighted by Crippen LogP contribution is 2.35. The predicted molar refractivity (Wildman–Crippen MR) is 113 cm³/mol. The fourth-order valence-electron chi connectivity index (χ4n) is 2.27. The summed E-state index contributed by atoms with van der Waals surface area (Å²) in [5, 5.41) is 17.4. The SMILES string of the molecule is COc1ccc(C(=O)NC(=S)Nc2nc3c(Cl)c(Cl)ccc3s2)cc1[N+](=O)[O-]. The van der Waals surface area contributed by atoms with Gasteiger partial charge in [0.25, 0.3) is 5.91 Å². The van der Waals surface area contributed by atoms with E-state index in [0.717, 1.165) is 10.8 Å². The first-order valence-electron chi connectivity index (χ1n) is 7.49. The predicted octanol–water partition coefficient (Wildman–Crippen LogP) is 4.65. The molecule has 0 saturated heterocycles. The van der Waals surface area contributed by atoms with Gasteiger partial charge in [-0.05, 0) is 36.5 Å². The zero-order valence-corrected chi connectivity index (χ0v) is 17.1. The second kappa shape index (κ2) is 8.23. The summed E-state index contributed by atoms with van der Waals surface area (Å²) in [5.74, 6) is -0.572. The van der Waals surface area contributed by atoms with Crippen LogP contribution in [0.2, 0.25) is 10.0 Å². The number of nitrogens with one attached hydrogen (secondary N) is 2. The van der Waals surface area contributed by atoms with Crippen LogP contribution in [0.1, 0.15) is 10.4 Å². The van der Waals surface area contributed by atoms with Crippen LogP contribution < -0.4 is 15.4 Å². The van der Waals surface area contributed by atoms with Gasteiger partial charge in [-0.3, -0.25) is 20.2 Å². The summed E-state index contributed by atoms with van der Waals surface area (Å²) < 4.78 is 5.70. The second-order valence-electron chi connectivity index (χ2n) is 5.28. The summed E-state index contributed by atoms with van der Waals surface area (Å²) in [6.45, 7) is 0. The molecular weight excluding hydrogens is 447 g/mol. The van der Waals surface area contributed by atoms with Gasteiger partial charge < -0.3 is 10.1 Å². The third-order valence-corrected chi connectivity index (χ3v) is 5.47. The Bertz CT molecular complexity index is 1120. The third kappa shape index (κ3) is 4.14. The van der Waals surface area contributed by atoms with E-state index in [-0.39, 0.29) is 22.1 Å². The number of hydrogen-bond acceptors (Lipinski definition) is 7. The number of thiocarbonyl (C=S) groups is 1. The number of nitrogens with zero attached hydrogens (tertiary/aromatic N) is 2. The number of nitro benzene ring substituents is 1. The molecule has 2 N–H and O–H groups in total. The number of anilines is 1. The van der Waals surface area contributed by atoms with Gasteiger partial charge in [-0.2, -0.15) is 0 Å². The molecule has 8 nitrogen and oxygen atoms in total. The maximum Gasteiger partial charge on any atom is 0.311 e. The molecule has 3 aromatic rings. The minimum absolute atomic E-state index is 0.0234. The molecule has 0 aliphatic rings. The molecule has 0 fully saturated rings. The monoisotopic (exact) mass is 456 g/mol. The van der Waals surface area contributed by atoms with E-state index >= 15 is 0 Å². The second-order valence-corrected chi connectivity index (χ2v) is 7.50. The number of carbonyl (C=O) groups is 1. The lowest BCUT2D eigenvalue weighted by atomic mass is 10.2. The van der Waals surface area contributed by atoms with Gasteiger partial charge in [0.2, 0.25) is 0 Å². The van der Waals surface area contributed by atoms with Gasteiger partial charge in [0, 0.05) is 11.6 Å². The molecule has 0 radical (unpaired) electrons. The Morgan fingerprint density at radius 3 is 2.75 bits per heavy atom. The number of ether oxygens (including phenoxy) is 1. The van der Waals surface area contributed by atoms with Crippen LogP contribution in [0.3, 0.4) is 0 Å². The van der Waals surface area contributed by atoms with Gasteiger partial charge >= 0.3 is 5.69 Å². The molecule has 0 aliphatic carbocycles. The van der Waals surface area contributed by atoms with E-state index in [9.17, 15) is 14.9 Å². The Labute approximate surface area is 177 Å². The van der Waals surface area contributed by atoms with Crippen molar-refractivity contribution >= 4 is 78.8 Å². The molecule has 1 aromatic heterocycles. The fourth-order valence-corrected chi connectivity index (χ4v) is 3.82. The van der Waals surface area contributed by atoms with Gasteiger partial charge in [-0.1, -0.05) is 34.5 Å². The van der Waals surface area contributed by atoms with Crippen molar-refractivity contribution in [3.05, 3.63) is 56.1 Å². The number of nitro groups is 1. The molecule has 0 unspecified atom stereocenters. The maximum atomic E-state index is 12.3. The average Bonchev–Trinajstić information content (AvgIpc) is 3.07. The first kappa shape index (κ1) is 20.2. The number of halogens is 2. The minimum atomic E-state index is -0.637. The molecule has 3 rings (SSSR count). The number of rotatable bonds is 4. The summed E-state index contributed by atoms with van der Waals surface area (Å²) >= 11 is 18.5. The number of fused-ring (bicyclic) bond motifs is 1. The van der Waals surface area contributed by atoms with Crippen molar-refractivity contribution in [3.63, 3.8) is 0 Å². The normalized spacial score (nSPS) is 10.5.